The second-order valence-corrected chi connectivity index (χ2v) is 14.3. The van der Waals surface area contributed by atoms with Gasteiger partial charge >= 0.3 is 0 Å². The first-order chi connectivity index (χ1) is 26.8. The van der Waals surface area contributed by atoms with Crippen LogP contribution in [0.4, 0.5) is 0 Å². The third-order valence-electron chi connectivity index (χ3n) is 11.4. The smallest absolute Gasteiger partial charge is 0.147 e. The van der Waals surface area contributed by atoms with Crippen molar-refractivity contribution >= 4 is 87.0 Å². The van der Waals surface area contributed by atoms with Crippen molar-refractivity contribution in [2.24, 2.45) is 0 Å². The average molecular weight is 687 g/mol. The highest BCUT2D eigenvalue weighted by Gasteiger charge is 2.22. The first-order valence-corrected chi connectivity index (χ1v) is 18.5. The molecule has 12 aromatic rings. The summed E-state index contributed by atoms with van der Waals surface area (Å²) in [6.45, 7) is 0. The van der Waals surface area contributed by atoms with Crippen molar-refractivity contribution < 1.29 is 8.83 Å². The van der Waals surface area contributed by atoms with Crippen LogP contribution in [0.3, 0.4) is 0 Å². The minimum Gasteiger partial charge on any atom is -0.456 e. The lowest BCUT2D eigenvalue weighted by Crippen LogP contribution is -1.93. The van der Waals surface area contributed by atoms with Gasteiger partial charge in [0.05, 0.1) is 5.39 Å². The van der Waals surface area contributed by atoms with Crippen molar-refractivity contribution in [3.63, 3.8) is 0 Å². The number of furan rings is 2. The van der Waals surface area contributed by atoms with Gasteiger partial charge < -0.3 is 8.83 Å². The number of benzene rings is 10. The van der Waals surface area contributed by atoms with Crippen LogP contribution in [-0.4, -0.2) is 0 Å². The maximum atomic E-state index is 6.54. The van der Waals surface area contributed by atoms with Crippen LogP contribution in [0, 0.1) is 0 Å². The van der Waals surface area contributed by atoms with Gasteiger partial charge in [-0.3, -0.25) is 0 Å². The summed E-state index contributed by atoms with van der Waals surface area (Å²) in [5.41, 5.74) is 10.7. The zero-order valence-electron chi connectivity index (χ0n) is 29.1. The highest BCUT2D eigenvalue weighted by atomic mass is 16.3. The molecule has 0 unspecified atom stereocenters. The predicted octanol–water partition coefficient (Wildman–Crippen LogP) is 15.1. The zero-order valence-corrected chi connectivity index (χ0v) is 29.1. The Hall–Kier alpha value is -7.16. The molecule has 2 heteroatoms. The Morgan fingerprint density at radius 1 is 0.278 bits per heavy atom. The third-order valence-corrected chi connectivity index (χ3v) is 11.4. The number of para-hydroxylation sites is 1. The zero-order chi connectivity index (χ0) is 35.3. The van der Waals surface area contributed by atoms with E-state index in [0.717, 1.165) is 49.4 Å². The maximum absolute atomic E-state index is 6.54. The molecule has 10 aromatic carbocycles. The van der Waals surface area contributed by atoms with Crippen molar-refractivity contribution in [1.82, 2.24) is 0 Å². The Morgan fingerprint density at radius 3 is 1.72 bits per heavy atom. The van der Waals surface area contributed by atoms with E-state index in [-0.39, 0.29) is 0 Å². The Bertz CT molecular complexity index is 3490. The molecular weight excluding hydrogens is 657 g/mol. The number of hydrogen-bond acceptors (Lipinski definition) is 2. The highest BCUT2D eigenvalue weighted by molar-refractivity contribution is 6.27. The van der Waals surface area contributed by atoms with Crippen LogP contribution in [-0.2, 0) is 0 Å². The van der Waals surface area contributed by atoms with Crippen LogP contribution in [0.1, 0.15) is 0 Å². The lowest BCUT2D eigenvalue weighted by atomic mass is 9.83. The standard InChI is InChI=1S/C52H30O2/c1-2-12-31(13-3-1)32-22-24-41-44(28-32)50(43-29-33-14-4-5-15-35(33)36-16-6-7-17-37(36)43)40-20-9-8-19-39(40)49(41)34-23-26-47-45(30-34)51-48(53-47)27-25-42-38-18-10-11-21-46(38)54-52(42)51/h1-30H. The van der Waals surface area contributed by atoms with Gasteiger partial charge in [0.1, 0.15) is 22.3 Å². The van der Waals surface area contributed by atoms with Gasteiger partial charge in [-0.05, 0) is 119 Å². The summed E-state index contributed by atoms with van der Waals surface area (Å²) in [5.74, 6) is 0. The molecular formula is C52H30O2. The molecule has 2 aromatic heterocycles. The lowest BCUT2D eigenvalue weighted by Gasteiger charge is -2.20. The summed E-state index contributed by atoms with van der Waals surface area (Å²) >= 11 is 0. The van der Waals surface area contributed by atoms with Gasteiger partial charge in [0.15, 0.2) is 0 Å². The van der Waals surface area contributed by atoms with Crippen molar-refractivity contribution in [3.05, 3.63) is 182 Å². The number of fused-ring (bicyclic) bond motifs is 12. The monoisotopic (exact) mass is 686 g/mol. The molecule has 0 amide bonds. The molecule has 0 saturated heterocycles. The van der Waals surface area contributed by atoms with Crippen LogP contribution >= 0.6 is 0 Å². The summed E-state index contributed by atoms with van der Waals surface area (Å²) in [6.07, 6.45) is 0. The highest BCUT2D eigenvalue weighted by Crippen LogP contribution is 2.48. The second-order valence-electron chi connectivity index (χ2n) is 14.3. The fraction of sp³-hybridized carbons (Fsp3) is 0. The Balaban J connectivity index is 1.22. The van der Waals surface area contributed by atoms with E-state index in [1.165, 1.54) is 70.9 Å². The largest absolute Gasteiger partial charge is 0.456 e. The van der Waals surface area contributed by atoms with Crippen molar-refractivity contribution in [2.45, 2.75) is 0 Å². The van der Waals surface area contributed by atoms with Gasteiger partial charge in [-0.15, -0.1) is 0 Å². The third kappa shape index (κ3) is 4.17. The molecule has 0 aliphatic carbocycles. The summed E-state index contributed by atoms with van der Waals surface area (Å²) in [6, 6.07) is 65.8. The van der Waals surface area contributed by atoms with E-state index in [4.69, 9.17) is 8.83 Å². The van der Waals surface area contributed by atoms with Gasteiger partial charge in [-0.1, -0.05) is 140 Å². The molecule has 2 nitrogen and oxygen atoms in total. The normalized spacial score (nSPS) is 12.1. The summed E-state index contributed by atoms with van der Waals surface area (Å²) < 4.78 is 13.0. The van der Waals surface area contributed by atoms with Gasteiger partial charge in [0.2, 0.25) is 0 Å². The molecule has 0 atom stereocenters. The van der Waals surface area contributed by atoms with E-state index in [9.17, 15) is 0 Å². The van der Waals surface area contributed by atoms with Crippen LogP contribution in [0.2, 0.25) is 0 Å². The molecule has 0 fully saturated rings. The van der Waals surface area contributed by atoms with Gasteiger partial charge in [-0.2, -0.15) is 0 Å². The molecule has 0 bridgehead atoms. The first kappa shape index (κ1) is 29.4. The predicted molar refractivity (Wildman–Crippen MR) is 227 cm³/mol. The van der Waals surface area contributed by atoms with Crippen molar-refractivity contribution in [1.29, 1.82) is 0 Å². The minimum atomic E-state index is 0.828. The maximum Gasteiger partial charge on any atom is 0.147 e. The molecule has 250 valence electrons. The van der Waals surface area contributed by atoms with E-state index in [1.807, 2.05) is 12.1 Å². The van der Waals surface area contributed by atoms with Crippen molar-refractivity contribution in [3.8, 4) is 33.4 Å². The fourth-order valence-corrected chi connectivity index (χ4v) is 9.05. The fourth-order valence-electron chi connectivity index (χ4n) is 9.05. The SMILES string of the molecule is c1ccc(-c2ccc3c(-c4ccc5oc6ccc7c8ccccc8oc7c6c5c4)c4ccccc4c(-c4cc5ccccc5c5ccccc45)c3c2)cc1. The molecule has 2 heterocycles. The van der Waals surface area contributed by atoms with Crippen LogP contribution in [0.15, 0.2) is 191 Å². The van der Waals surface area contributed by atoms with E-state index in [0.29, 0.717) is 0 Å². The molecule has 0 N–H and O–H groups in total. The topological polar surface area (TPSA) is 26.3 Å². The summed E-state index contributed by atoms with van der Waals surface area (Å²) in [4.78, 5) is 0. The van der Waals surface area contributed by atoms with Gasteiger partial charge in [0.25, 0.3) is 0 Å². The Kier molecular flexibility index (Phi) is 6.09. The van der Waals surface area contributed by atoms with E-state index >= 15 is 0 Å². The van der Waals surface area contributed by atoms with Gasteiger partial charge in [0, 0.05) is 16.2 Å². The molecule has 0 aliphatic heterocycles. The Morgan fingerprint density at radius 2 is 0.870 bits per heavy atom. The molecule has 0 aliphatic rings. The molecule has 12 rings (SSSR count). The minimum absolute atomic E-state index is 0.828. The quantitative estimate of drug-likeness (QED) is 0.137. The molecule has 0 radical (unpaired) electrons. The average Bonchev–Trinajstić information content (AvgIpc) is 3.81. The van der Waals surface area contributed by atoms with Crippen LogP contribution in [0.5, 0.6) is 0 Å². The molecule has 0 saturated carbocycles. The first-order valence-electron chi connectivity index (χ1n) is 18.5. The summed E-state index contributed by atoms with van der Waals surface area (Å²) in [5, 5.41) is 14.2. The van der Waals surface area contributed by atoms with E-state index in [1.54, 1.807) is 0 Å². The van der Waals surface area contributed by atoms with E-state index < -0.39 is 0 Å². The van der Waals surface area contributed by atoms with Crippen LogP contribution in [0.25, 0.3) is 120 Å². The van der Waals surface area contributed by atoms with Crippen LogP contribution < -0.4 is 0 Å². The van der Waals surface area contributed by atoms with E-state index in [2.05, 4.69) is 170 Å². The lowest BCUT2D eigenvalue weighted by molar-refractivity contribution is 0.663. The second kappa shape index (κ2) is 11.2. The molecule has 0 spiro atoms. The Labute approximate surface area is 310 Å². The molecule has 54 heavy (non-hydrogen) atoms. The summed E-state index contributed by atoms with van der Waals surface area (Å²) in [7, 11) is 0. The number of hydrogen-bond donors (Lipinski definition) is 0. The number of rotatable bonds is 3. The van der Waals surface area contributed by atoms with Crippen molar-refractivity contribution in [2.75, 3.05) is 0 Å². The van der Waals surface area contributed by atoms with Gasteiger partial charge in [-0.25, -0.2) is 0 Å².